The molecule has 1 amide bonds. The van der Waals surface area contributed by atoms with Crippen molar-refractivity contribution in [1.82, 2.24) is 5.32 Å². The van der Waals surface area contributed by atoms with Crippen LogP contribution in [0.2, 0.25) is 0 Å². The average molecular weight is 275 g/mol. The molecule has 0 radical (unpaired) electrons. The minimum absolute atomic E-state index is 0.497. The first-order valence-electron chi connectivity index (χ1n) is 6.22. The number of ether oxygens (including phenoxy) is 2. The van der Waals surface area contributed by atoms with Crippen LogP contribution < -0.4 is 5.32 Å². The zero-order valence-corrected chi connectivity index (χ0v) is 12.7. The number of carboxylic acid groups (broad SMARTS) is 1. The maximum absolute atomic E-state index is 11.6. The Morgan fingerprint density at radius 2 is 1.53 bits per heavy atom. The SMILES string of the molecule is C[C@H](OC(C)(C)C)[C@H](NC(=O)OC(C)(C)C)C(=O)O. The Kier molecular flexibility index (Phi) is 5.81. The summed E-state index contributed by atoms with van der Waals surface area (Å²) in [6.07, 6.45) is -1.45. The Morgan fingerprint density at radius 1 is 1.05 bits per heavy atom. The van der Waals surface area contributed by atoms with E-state index in [2.05, 4.69) is 5.32 Å². The molecule has 0 aliphatic carbocycles. The number of aliphatic carboxylic acids is 1. The molecule has 0 saturated heterocycles. The maximum Gasteiger partial charge on any atom is 0.408 e. The molecule has 6 nitrogen and oxygen atoms in total. The summed E-state index contributed by atoms with van der Waals surface area (Å²) in [7, 11) is 0. The molecule has 0 rings (SSSR count). The highest BCUT2D eigenvalue weighted by Gasteiger charge is 2.31. The van der Waals surface area contributed by atoms with Crippen molar-refractivity contribution in [3.05, 3.63) is 0 Å². The maximum atomic E-state index is 11.6. The van der Waals surface area contributed by atoms with Crippen molar-refractivity contribution < 1.29 is 24.2 Å². The minimum atomic E-state index is -1.16. The van der Waals surface area contributed by atoms with Gasteiger partial charge < -0.3 is 19.9 Å². The molecule has 0 aliphatic heterocycles. The fourth-order valence-corrected chi connectivity index (χ4v) is 1.44. The van der Waals surface area contributed by atoms with Crippen LogP contribution in [0, 0.1) is 0 Å². The van der Waals surface area contributed by atoms with Gasteiger partial charge in [-0.05, 0) is 48.5 Å². The van der Waals surface area contributed by atoms with Crippen LogP contribution in [0.1, 0.15) is 48.5 Å². The first-order chi connectivity index (χ1) is 8.32. The average Bonchev–Trinajstić information content (AvgIpc) is 2.07. The summed E-state index contributed by atoms with van der Waals surface area (Å²) in [6, 6.07) is -1.16. The molecule has 0 aliphatic rings. The Bertz CT molecular complexity index is 327. The highest BCUT2D eigenvalue weighted by atomic mass is 16.6. The monoisotopic (exact) mass is 275 g/mol. The van der Waals surface area contributed by atoms with Gasteiger partial charge in [0.2, 0.25) is 0 Å². The molecule has 0 spiro atoms. The van der Waals surface area contributed by atoms with Crippen molar-refractivity contribution >= 4 is 12.1 Å². The van der Waals surface area contributed by atoms with Crippen molar-refractivity contribution in [3.63, 3.8) is 0 Å². The molecule has 6 heteroatoms. The number of hydrogen-bond donors (Lipinski definition) is 2. The van der Waals surface area contributed by atoms with Gasteiger partial charge in [-0.25, -0.2) is 9.59 Å². The largest absolute Gasteiger partial charge is 0.480 e. The van der Waals surface area contributed by atoms with Gasteiger partial charge in [-0.3, -0.25) is 0 Å². The predicted molar refractivity (Wildman–Crippen MR) is 71.1 cm³/mol. The molecule has 0 aromatic heterocycles. The Morgan fingerprint density at radius 3 is 1.84 bits per heavy atom. The fraction of sp³-hybridized carbons (Fsp3) is 0.846. The Balaban J connectivity index is 4.67. The van der Waals surface area contributed by atoms with Crippen molar-refractivity contribution in [2.45, 2.75) is 71.8 Å². The van der Waals surface area contributed by atoms with Gasteiger partial charge in [0, 0.05) is 0 Å². The molecule has 0 aromatic rings. The number of hydrogen-bond acceptors (Lipinski definition) is 4. The summed E-state index contributed by atoms with van der Waals surface area (Å²) in [6.45, 7) is 12.2. The second-order valence-corrected chi connectivity index (χ2v) is 6.40. The summed E-state index contributed by atoms with van der Waals surface area (Å²) < 4.78 is 10.6. The van der Waals surface area contributed by atoms with Crippen molar-refractivity contribution in [1.29, 1.82) is 0 Å². The number of carbonyl (C=O) groups excluding carboxylic acids is 1. The van der Waals surface area contributed by atoms with Gasteiger partial charge in [-0.1, -0.05) is 0 Å². The van der Waals surface area contributed by atoms with E-state index in [1.807, 2.05) is 20.8 Å². The minimum Gasteiger partial charge on any atom is -0.480 e. The summed E-state index contributed by atoms with van der Waals surface area (Å²) in [4.78, 5) is 22.8. The Labute approximate surface area is 114 Å². The van der Waals surface area contributed by atoms with Crippen LogP contribution in [0.4, 0.5) is 4.79 Å². The fourth-order valence-electron chi connectivity index (χ4n) is 1.44. The molecule has 0 fully saturated rings. The van der Waals surface area contributed by atoms with E-state index in [1.165, 1.54) is 0 Å². The van der Waals surface area contributed by atoms with Crippen LogP contribution in [0.5, 0.6) is 0 Å². The van der Waals surface area contributed by atoms with E-state index in [1.54, 1.807) is 27.7 Å². The molecule has 2 N–H and O–H groups in total. The third-order valence-electron chi connectivity index (χ3n) is 1.95. The molecule has 0 saturated carbocycles. The third kappa shape index (κ3) is 8.42. The van der Waals surface area contributed by atoms with Crippen LogP contribution in [-0.4, -0.2) is 40.5 Å². The van der Waals surface area contributed by atoms with E-state index in [-0.39, 0.29) is 0 Å². The second-order valence-electron chi connectivity index (χ2n) is 6.40. The zero-order valence-electron chi connectivity index (χ0n) is 12.7. The van der Waals surface area contributed by atoms with Crippen LogP contribution in [0.3, 0.4) is 0 Å². The lowest BCUT2D eigenvalue weighted by Crippen LogP contribution is -2.51. The third-order valence-corrected chi connectivity index (χ3v) is 1.95. The number of carbonyl (C=O) groups is 2. The van der Waals surface area contributed by atoms with Crippen molar-refractivity contribution in [2.24, 2.45) is 0 Å². The van der Waals surface area contributed by atoms with E-state index in [0.29, 0.717) is 0 Å². The van der Waals surface area contributed by atoms with E-state index in [0.717, 1.165) is 0 Å². The van der Waals surface area contributed by atoms with Crippen LogP contribution in [0.15, 0.2) is 0 Å². The quantitative estimate of drug-likeness (QED) is 0.821. The molecule has 0 bridgehead atoms. The molecule has 112 valence electrons. The van der Waals surface area contributed by atoms with Gasteiger partial charge in [0.25, 0.3) is 0 Å². The first-order valence-corrected chi connectivity index (χ1v) is 6.22. The lowest BCUT2D eigenvalue weighted by Gasteiger charge is -2.30. The normalized spacial score (nSPS) is 15.5. The van der Waals surface area contributed by atoms with E-state index < -0.39 is 35.4 Å². The molecular formula is C13H25NO5. The van der Waals surface area contributed by atoms with Gasteiger partial charge in [0.05, 0.1) is 11.7 Å². The number of rotatable bonds is 4. The van der Waals surface area contributed by atoms with Gasteiger partial charge in [0.15, 0.2) is 6.04 Å². The van der Waals surface area contributed by atoms with E-state index in [4.69, 9.17) is 14.6 Å². The highest BCUT2D eigenvalue weighted by Crippen LogP contribution is 2.14. The summed E-state index contributed by atoms with van der Waals surface area (Å²) in [5, 5.41) is 11.4. The highest BCUT2D eigenvalue weighted by molar-refractivity contribution is 5.80. The van der Waals surface area contributed by atoms with Crippen LogP contribution >= 0.6 is 0 Å². The standard InChI is InChI=1S/C13H25NO5/c1-8(18-12(2,3)4)9(10(15)16)14-11(17)19-13(5,6)7/h8-9H,1-7H3,(H,14,17)(H,15,16)/t8-,9-/m0/s1. The lowest BCUT2D eigenvalue weighted by molar-refractivity contribution is -0.147. The molecular weight excluding hydrogens is 250 g/mol. The molecule has 0 aromatic carbocycles. The molecule has 2 atom stereocenters. The van der Waals surface area contributed by atoms with E-state index >= 15 is 0 Å². The number of amides is 1. The van der Waals surface area contributed by atoms with Crippen molar-refractivity contribution in [2.75, 3.05) is 0 Å². The smallest absolute Gasteiger partial charge is 0.408 e. The predicted octanol–water partition coefficient (Wildman–Crippen LogP) is 2.17. The summed E-state index contributed by atoms with van der Waals surface area (Å²) in [5.41, 5.74) is -1.18. The van der Waals surface area contributed by atoms with Gasteiger partial charge in [-0.2, -0.15) is 0 Å². The summed E-state index contributed by atoms with van der Waals surface area (Å²) in [5.74, 6) is -1.16. The lowest BCUT2D eigenvalue weighted by atomic mass is 10.1. The van der Waals surface area contributed by atoms with Gasteiger partial charge in [0.1, 0.15) is 5.60 Å². The number of nitrogens with one attached hydrogen (secondary N) is 1. The summed E-state index contributed by atoms with van der Waals surface area (Å²) >= 11 is 0. The molecule has 0 heterocycles. The van der Waals surface area contributed by atoms with Crippen molar-refractivity contribution in [3.8, 4) is 0 Å². The van der Waals surface area contributed by atoms with Crippen LogP contribution in [-0.2, 0) is 14.3 Å². The number of alkyl carbamates (subject to hydrolysis) is 1. The zero-order chi connectivity index (χ0) is 15.4. The van der Waals surface area contributed by atoms with Gasteiger partial charge in [-0.15, -0.1) is 0 Å². The number of carboxylic acids is 1. The Hall–Kier alpha value is -1.30. The first kappa shape index (κ1) is 17.7. The molecule has 19 heavy (non-hydrogen) atoms. The van der Waals surface area contributed by atoms with E-state index in [9.17, 15) is 9.59 Å². The molecule has 0 unspecified atom stereocenters. The van der Waals surface area contributed by atoms with Gasteiger partial charge >= 0.3 is 12.1 Å². The topological polar surface area (TPSA) is 84.9 Å². The second kappa shape index (κ2) is 6.23. The van der Waals surface area contributed by atoms with Crippen LogP contribution in [0.25, 0.3) is 0 Å².